The predicted molar refractivity (Wildman–Crippen MR) is 67.1 cm³/mol. The maximum absolute atomic E-state index is 13.9. The Labute approximate surface area is 182 Å². The van der Waals surface area contributed by atoms with Gasteiger partial charge in [-0.1, -0.05) is 0 Å². The molecule has 139 valence electrons. The Morgan fingerprint density at radius 3 is 1.81 bits per heavy atom. The number of nitriles is 1. The van der Waals surface area contributed by atoms with Crippen molar-refractivity contribution in [3.05, 3.63) is 34.1 Å². The second kappa shape index (κ2) is 8.92. The molecule has 26 heavy (non-hydrogen) atoms. The van der Waals surface area contributed by atoms with Gasteiger partial charge in [0.25, 0.3) is 0 Å². The molecule has 1 unspecified atom stereocenters. The van der Waals surface area contributed by atoms with Crippen LogP contribution in [0.4, 0.5) is 39.5 Å². The van der Waals surface area contributed by atoms with Crippen molar-refractivity contribution in [1.29, 1.82) is 5.26 Å². The van der Waals surface area contributed by atoms with Gasteiger partial charge in [-0.15, -0.1) is 0 Å². The standard InChI is InChI=1S/C13H6F9NO2.K/c1-2-25-11(24)4(3-23)5-6(12(17,18)19)9(15)7(13(20,21)22)10(16)8(5)14;/h4H,2H2,1H3;. The zero-order valence-corrected chi connectivity index (χ0v) is 16.1. The van der Waals surface area contributed by atoms with Crippen molar-refractivity contribution >= 4 is 57.4 Å². The molecular formula is C13H6F9KNO2. The second-order valence-corrected chi connectivity index (χ2v) is 4.42. The van der Waals surface area contributed by atoms with E-state index in [0.717, 1.165) is 13.0 Å². The minimum absolute atomic E-state index is 0. The van der Waals surface area contributed by atoms with E-state index in [-0.39, 0.29) is 51.4 Å². The van der Waals surface area contributed by atoms with Crippen LogP contribution in [0.25, 0.3) is 0 Å². The summed E-state index contributed by atoms with van der Waals surface area (Å²) in [6.07, 6.45) is -12.0. The summed E-state index contributed by atoms with van der Waals surface area (Å²) in [7, 11) is 0. The van der Waals surface area contributed by atoms with Gasteiger partial charge in [0.05, 0.1) is 12.7 Å². The fraction of sp³-hybridized carbons (Fsp3) is 0.385. The fourth-order valence-corrected chi connectivity index (χ4v) is 1.94. The van der Waals surface area contributed by atoms with Crippen molar-refractivity contribution in [2.24, 2.45) is 0 Å². The van der Waals surface area contributed by atoms with E-state index < -0.39 is 65.0 Å². The quantitative estimate of drug-likeness (QED) is 0.324. The molecule has 0 aliphatic heterocycles. The Hall–Kier alpha value is -0.814. The Kier molecular flexibility index (Phi) is 8.64. The van der Waals surface area contributed by atoms with Gasteiger partial charge in [-0.05, 0) is 6.92 Å². The number of hydrogen-bond acceptors (Lipinski definition) is 3. The van der Waals surface area contributed by atoms with Crippen LogP contribution in [0.3, 0.4) is 0 Å². The van der Waals surface area contributed by atoms with E-state index in [0.29, 0.717) is 0 Å². The van der Waals surface area contributed by atoms with E-state index in [1.807, 2.05) is 0 Å². The largest absolute Gasteiger partial charge is 0.465 e. The maximum Gasteiger partial charge on any atom is 0.422 e. The summed E-state index contributed by atoms with van der Waals surface area (Å²) in [5.74, 6) is -13.6. The van der Waals surface area contributed by atoms with Gasteiger partial charge in [0.1, 0.15) is 11.1 Å². The minimum Gasteiger partial charge on any atom is -0.465 e. The van der Waals surface area contributed by atoms with Gasteiger partial charge in [-0.25, -0.2) is 13.2 Å². The van der Waals surface area contributed by atoms with Crippen molar-refractivity contribution in [2.45, 2.75) is 25.2 Å². The predicted octanol–water partition coefficient (Wildman–Crippen LogP) is 3.93. The molecule has 0 spiro atoms. The first-order chi connectivity index (χ1) is 11.3. The number of rotatable bonds is 3. The number of benzene rings is 1. The summed E-state index contributed by atoms with van der Waals surface area (Å²) in [5.41, 5.74) is -8.24. The molecule has 1 atom stereocenters. The average Bonchev–Trinajstić information content (AvgIpc) is 2.42. The molecule has 0 saturated carbocycles. The number of alkyl halides is 6. The zero-order chi connectivity index (χ0) is 19.7. The molecule has 0 aliphatic carbocycles. The van der Waals surface area contributed by atoms with Gasteiger partial charge in [0, 0.05) is 56.9 Å². The Bertz CT molecular complexity index is 737. The summed E-state index contributed by atoms with van der Waals surface area (Å²) in [6.45, 7) is 0.660. The van der Waals surface area contributed by atoms with Crippen LogP contribution in [0.1, 0.15) is 29.5 Å². The molecule has 1 radical (unpaired) electrons. The van der Waals surface area contributed by atoms with Gasteiger partial charge in [-0.3, -0.25) is 4.79 Å². The van der Waals surface area contributed by atoms with Crippen molar-refractivity contribution in [1.82, 2.24) is 0 Å². The van der Waals surface area contributed by atoms with E-state index in [2.05, 4.69) is 4.74 Å². The summed E-state index contributed by atoms with van der Waals surface area (Å²) < 4.78 is 122. The van der Waals surface area contributed by atoms with Gasteiger partial charge in [-0.2, -0.15) is 31.6 Å². The van der Waals surface area contributed by atoms with Crippen LogP contribution >= 0.6 is 0 Å². The molecule has 0 heterocycles. The third kappa shape index (κ3) is 4.92. The Morgan fingerprint density at radius 2 is 1.46 bits per heavy atom. The summed E-state index contributed by atoms with van der Waals surface area (Å²) >= 11 is 0. The smallest absolute Gasteiger partial charge is 0.422 e. The molecule has 3 nitrogen and oxygen atoms in total. The van der Waals surface area contributed by atoms with Crippen molar-refractivity contribution in [3.63, 3.8) is 0 Å². The summed E-state index contributed by atoms with van der Waals surface area (Å²) in [5, 5.41) is 8.75. The fourth-order valence-electron chi connectivity index (χ4n) is 1.94. The molecule has 0 aliphatic rings. The van der Waals surface area contributed by atoms with Crippen LogP contribution in [-0.2, 0) is 21.9 Å². The molecule has 0 bridgehead atoms. The van der Waals surface area contributed by atoms with Crippen LogP contribution in [-0.4, -0.2) is 64.0 Å². The Morgan fingerprint density at radius 1 is 1.00 bits per heavy atom. The zero-order valence-electron chi connectivity index (χ0n) is 12.9. The molecule has 1 rings (SSSR count). The molecule has 1 aromatic carbocycles. The average molecular weight is 418 g/mol. The number of esters is 1. The monoisotopic (exact) mass is 418 g/mol. The first-order valence-corrected chi connectivity index (χ1v) is 6.19. The van der Waals surface area contributed by atoms with Gasteiger partial charge < -0.3 is 4.74 Å². The van der Waals surface area contributed by atoms with Crippen molar-refractivity contribution < 1.29 is 49.0 Å². The number of nitrogens with zero attached hydrogens (tertiary/aromatic N) is 1. The number of carbonyl (C=O) groups is 1. The summed E-state index contributed by atoms with van der Waals surface area (Å²) in [6, 6.07) is 0.840. The number of ether oxygens (including phenoxy) is 1. The number of halogens is 9. The Balaban J connectivity index is 0.00000625. The van der Waals surface area contributed by atoms with Gasteiger partial charge in [0.2, 0.25) is 0 Å². The van der Waals surface area contributed by atoms with Crippen LogP contribution in [0.5, 0.6) is 0 Å². The van der Waals surface area contributed by atoms with E-state index in [1.54, 1.807) is 0 Å². The second-order valence-electron chi connectivity index (χ2n) is 4.42. The van der Waals surface area contributed by atoms with Gasteiger partial charge in [0.15, 0.2) is 23.4 Å². The van der Waals surface area contributed by atoms with Crippen LogP contribution in [0.2, 0.25) is 0 Å². The van der Waals surface area contributed by atoms with Gasteiger partial charge >= 0.3 is 18.3 Å². The van der Waals surface area contributed by atoms with Crippen LogP contribution in [0, 0.1) is 28.8 Å². The SMILES string of the molecule is CCOC(=O)C(C#N)c1c(F)c(F)c(C(F)(F)F)c(F)c1C(F)(F)F.[K]. The van der Waals surface area contributed by atoms with E-state index >= 15 is 0 Å². The van der Waals surface area contributed by atoms with Crippen LogP contribution < -0.4 is 0 Å². The number of hydrogen-bond donors (Lipinski definition) is 0. The summed E-state index contributed by atoms with van der Waals surface area (Å²) in [4.78, 5) is 11.5. The van der Waals surface area contributed by atoms with Crippen LogP contribution in [0.15, 0.2) is 0 Å². The van der Waals surface area contributed by atoms with E-state index in [9.17, 15) is 44.3 Å². The maximum atomic E-state index is 13.9. The third-order valence-electron chi connectivity index (χ3n) is 2.86. The third-order valence-corrected chi connectivity index (χ3v) is 2.86. The topological polar surface area (TPSA) is 50.1 Å². The minimum atomic E-state index is -6.00. The molecule has 0 N–H and O–H groups in total. The molecule has 1 aromatic rings. The molecule has 0 fully saturated rings. The first kappa shape index (κ1) is 25.2. The molecule has 0 saturated heterocycles. The van der Waals surface area contributed by atoms with Crippen molar-refractivity contribution in [2.75, 3.05) is 6.61 Å². The molecule has 13 heteroatoms. The first-order valence-electron chi connectivity index (χ1n) is 6.19. The number of carbonyl (C=O) groups excluding carboxylic acids is 1. The van der Waals surface area contributed by atoms with Crippen molar-refractivity contribution in [3.8, 4) is 6.07 Å². The molecular weight excluding hydrogens is 412 g/mol. The van der Waals surface area contributed by atoms with E-state index in [4.69, 9.17) is 5.26 Å². The molecule has 0 aromatic heterocycles. The molecule has 0 amide bonds. The van der Waals surface area contributed by atoms with E-state index in [1.165, 1.54) is 0 Å². The normalized spacial score (nSPS) is 12.8.